The maximum atomic E-state index is 12.9. The molecule has 1 fully saturated rings. The molecule has 1 aromatic rings. The van der Waals surface area contributed by atoms with Crippen molar-refractivity contribution in [3.05, 3.63) is 35.9 Å². The molecule has 3 rings (SSSR count). The molecule has 1 saturated heterocycles. The highest BCUT2D eigenvalue weighted by molar-refractivity contribution is 6.39. The summed E-state index contributed by atoms with van der Waals surface area (Å²) in [7, 11) is 0. The molecule has 156 valence electrons. The number of ether oxygens (including phenoxy) is 1. The Morgan fingerprint density at radius 2 is 1.97 bits per heavy atom. The van der Waals surface area contributed by atoms with Crippen LogP contribution in [-0.4, -0.2) is 65.5 Å². The van der Waals surface area contributed by atoms with E-state index in [9.17, 15) is 14.4 Å². The highest BCUT2D eigenvalue weighted by Crippen LogP contribution is 2.14. The first kappa shape index (κ1) is 21.0. The molecule has 0 spiro atoms. The van der Waals surface area contributed by atoms with Gasteiger partial charge in [-0.3, -0.25) is 14.4 Å². The average Bonchev–Trinajstić information content (AvgIpc) is 2.86. The lowest BCUT2D eigenvalue weighted by molar-refractivity contribution is -0.136. The van der Waals surface area contributed by atoms with Crippen LogP contribution in [0, 0.1) is 5.92 Å². The second kappa shape index (κ2) is 9.65. The van der Waals surface area contributed by atoms with Crippen LogP contribution in [0.2, 0.25) is 0 Å². The fourth-order valence-electron chi connectivity index (χ4n) is 3.46. The van der Waals surface area contributed by atoms with Gasteiger partial charge in [-0.05, 0) is 11.5 Å². The topological polar surface area (TPSA) is 91.3 Å². The van der Waals surface area contributed by atoms with Crippen molar-refractivity contribution in [2.45, 2.75) is 39.4 Å². The molecule has 8 heteroatoms. The summed E-state index contributed by atoms with van der Waals surface area (Å²) in [6.07, 6.45) is 0.198. The van der Waals surface area contributed by atoms with Gasteiger partial charge in [-0.1, -0.05) is 44.2 Å². The van der Waals surface area contributed by atoms with E-state index >= 15 is 0 Å². The van der Waals surface area contributed by atoms with Crippen LogP contribution in [-0.2, 0) is 25.7 Å². The van der Waals surface area contributed by atoms with Gasteiger partial charge in [0, 0.05) is 32.5 Å². The number of carbonyl (C=O) groups excluding carboxylic acids is 3. The van der Waals surface area contributed by atoms with Crippen molar-refractivity contribution in [3.63, 3.8) is 0 Å². The summed E-state index contributed by atoms with van der Waals surface area (Å²) in [4.78, 5) is 40.3. The maximum Gasteiger partial charge on any atom is 0.270 e. The van der Waals surface area contributed by atoms with Crippen molar-refractivity contribution in [2.24, 2.45) is 11.0 Å². The van der Waals surface area contributed by atoms with E-state index in [2.05, 4.69) is 24.4 Å². The zero-order valence-corrected chi connectivity index (χ0v) is 17.0. The SMILES string of the molecule is CC(C)CN1C[C@@H](OCc2ccccc2)CN(C(=O)C2=NNC(=O)CC2)CC1=O. The summed E-state index contributed by atoms with van der Waals surface area (Å²) < 4.78 is 6.10. The van der Waals surface area contributed by atoms with Crippen molar-refractivity contribution >= 4 is 23.4 Å². The van der Waals surface area contributed by atoms with Gasteiger partial charge in [0.2, 0.25) is 11.8 Å². The Labute approximate surface area is 170 Å². The molecular formula is C21H28N4O4. The predicted octanol–water partition coefficient (Wildman–Crippen LogP) is 1.16. The standard InChI is InChI=1S/C21H28N4O4/c1-15(2)10-24-11-17(29-14-16-6-4-3-5-7-16)12-25(13-20(24)27)21(28)18-8-9-19(26)23-22-18/h3-7,15,17H,8-14H2,1-2H3,(H,23,26)/t17-/m1/s1. The van der Waals surface area contributed by atoms with Gasteiger partial charge in [0.1, 0.15) is 12.3 Å². The third-order valence-electron chi connectivity index (χ3n) is 4.88. The third kappa shape index (κ3) is 5.87. The van der Waals surface area contributed by atoms with Gasteiger partial charge in [0.05, 0.1) is 12.7 Å². The largest absolute Gasteiger partial charge is 0.370 e. The summed E-state index contributed by atoms with van der Waals surface area (Å²) in [5.74, 6) is -0.314. The Kier molecular flexibility index (Phi) is 6.98. The summed E-state index contributed by atoms with van der Waals surface area (Å²) in [5.41, 5.74) is 3.66. The van der Waals surface area contributed by atoms with Gasteiger partial charge in [0.25, 0.3) is 5.91 Å². The first-order valence-electron chi connectivity index (χ1n) is 10.0. The molecule has 0 saturated carbocycles. The third-order valence-corrected chi connectivity index (χ3v) is 4.88. The lowest BCUT2D eigenvalue weighted by Crippen LogP contribution is -2.45. The minimum atomic E-state index is -0.321. The molecule has 2 aliphatic heterocycles. The maximum absolute atomic E-state index is 12.9. The number of hydrogen-bond acceptors (Lipinski definition) is 5. The Hall–Kier alpha value is -2.74. The molecule has 1 atom stereocenters. The lowest BCUT2D eigenvalue weighted by Gasteiger charge is -2.26. The predicted molar refractivity (Wildman–Crippen MR) is 108 cm³/mol. The second-order valence-electron chi connectivity index (χ2n) is 7.89. The van der Waals surface area contributed by atoms with E-state index in [0.717, 1.165) is 5.56 Å². The number of hydrazone groups is 1. The van der Waals surface area contributed by atoms with Crippen molar-refractivity contribution in [1.82, 2.24) is 15.2 Å². The van der Waals surface area contributed by atoms with Gasteiger partial charge in [-0.25, -0.2) is 5.43 Å². The molecule has 0 aliphatic carbocycles. The van der Waals surface area contributed by atoms with Crippen LogP contribution in [0.3, 0.4) is 0 Å². The van der Waals surface area contributed by atoms with Crippen molar-refractivity contribution < 1.29 is 19.1 Å². The molecule has 3 amide bonds. The molecule has 2 aliphatic rings. The number of amides is 3. The summed E-state index contributed by atoms with van der Waals surface area (Å²) in [6, 6.07) is 9.81. The van der Waals surface area contributed by atoms with Crippen molar-refractivity contribution in [1.29, 1.82) is 0 Å². The molecule has 2 heterocycles. The molecular weight excluding hydrogens is 372 g/mol. The first-order valence-corrected chi connectivity index (χ1v) is 10.0. The fourth-order valence-corrected chi connectivity index (χ4v) is 3.46. The van der Waals surface area contributed by atoms with Crippen LogP contribution in [0.5, 0.6) is 0 Å². The van der Waals surface area contributed by atoms with Crippen molar-refractivity contribution in [2.75, 3.05) is 26.2 Å². The van der Waals surface area contributed by atoms with Crippen LogP contribution >= 0.6 is 0 Å². The van der Waals surface area contributed by atoms with E-state index in [0.29, 0.717) is 32.2 Å². The van der Waals surface area contributed by atoms with Gasteiger partial charge in [-0.2, -0.15) is 5.10 Å². The molecule has 8 nitrogen and oxygen atoms in total. The average molecular weight is 400 g/mol. The molecule has 29 heavy (non-hydrogen) atoms. The minimum Gasteiger partial charge on any atom is -0.370 e. The van der Waals surface area contributed by atoms with E-state index in [1.807, 2.05) is 30.3 Å². The summed E-state index contributed by atoms with van der Waals surface area (Å²) in [5, 5.41) is 3.89. The molecule has 1 N–H and O–H groups in total. The Morgan fingerprint density at radius 3 is 2.62 bits per heavy atom. The monoisotopic (exact) mass is 400 g/mol. The zero-order chi connectivity index (χ0) is 20.8. The van der Waals surface area contributed by atoms with Crippen LogP contribution < -0.4 is 5.43 Å². The van der Waals surface area contributed by atoms with Gasteiger partial charge >= 0.3 is 0 Å². The summed E-state index contributed by atoms with van der Waals surface area (Å²) in [6.45, 7) is 5.87. The van der Waals surface area contributed by atoms with E-state index < -0.39 is 0 Å². The zero-order valence-electron chi connectivity index (χ0n) is 17.0. The van der Waals surface area contributed by atoms with Crippen molar-refractivity contribution in [3.8, 4) is 0 Å². The number of hydrogen-bond donors (Lipinski definition) is 1. The highest BCUT2D eigenvalue weighted by Gasteiger charge is 2.33. The Bertz CT molecular complexity index is 778. The first-order chi connectivity index (χ1) is 13.9. The van der Waals surface area contributed by atoms with Crippen LogP contribution in [0.4, 0.5) is 0 Å². The quantitative estimate of drug-likeness (QED) is 0.776. The van der Waals surface area contributed by atoms with E-state index in [1.165, 1.54) is 4.90 Å². The van der Waals surface area contributed by atoms with Crippen LogP contribution in [0.25, 0.3) is 0 Å². The molecule has 0 radical (unpaired) electrons. The number of nitrogens with one attached hydrogen (secondary N) is 1. The number of nitrogens with zero attached hydrogens (tertiary/aromatic N) is 3. The fraction of sp³-hybridized carbons (Fsp3) is 0.524. The molecule has 0 aromatic heterocycles. The summed E-state index contributed by atoms with van der Waals surface area (Å²) >= 11 is 0. The molecule has 1 aromatic carbocycles. The number of benzene rings is 1. The minimum absolute atomic E-state index is 0.0102. The van der Waals surface area contributed by atoms with Crippen LogP contribution in [0.1, 0.15) is 32.3 Å². The van der Waals surface area contributed by atoms with Gasteiger partial charge in [0.15, 0.2) is 0 Å². The lowest BCUT2D eigenvalue weighted by atomic mass is 10.1. The Morgan fingerprint density at radius 1 is 1.21 bits per heavy atom. The smallest absolute Gasteiger partial charge is 0.270 e. The highest BCUT2D eigenvalue weighted by atomic mass is 16.5. The number of carbonyl (C=O) groups is 3. The molecule has 0 bridgehead atoms. The van der Waals surface area contributed by atoms with E-state index in [1.54, 1.807) is 4.90 Å². The van der Waals surface area contributed by atoms with Crippen LogP contribution in [0.15, 0.2) is 35.4 Å². The van der Waals surface area contributed by atoms with Gasteiger partial charge in [-0.15, -0.1) is 0 Å². The van der Waals surface area contributed by atoms with E-state index in [4.69, 9.17) is 4.74 Å². The Balaban J connectivity index is 1.73. The van der Waals surface area contributed by atoms with E-state index in [-0.39, 0.29) is 48.9 Å². The molecule has 0 unspecified atom stereocenters. The van der Waals surface area contributed by atoms with Gasteiger partial charge < -0.3 is 14.5 Å². The normalized spacial score (nSPS) is 20.4. The second-order valence-corrected chi connectivity index (χ2v) is 7.89. The number of rotatable bonds is 6.